The molecule has 1 aromatic rings. The van der Waals surface area contributed by atoms with E-state index in [2.05, 4.69) is 15.3 Å². The number of hydrogen-bond donors (Lipinski definition) is 1. The Morgan fingerprint density at radius 3 is 2.91 bits per heavy atom. The van der Waals surface area contributed by atoms with Crippen LogP contribution in [0.25, 0.3) is 0 Å². The molecule has 60 valence electrons. The fraction of sp³-hybridized carbons (Fsp3) is 0.333. The first-order chi connectivity index (χ1) is 4.88. The van der Waals surface area contributed by atoms with Gasteiger partial charge in [-0.1, -0.05) is 11.6 Å². The highest BCUT2D eigenvalue weighted by Gasteiger charge is 2.14. The third kappa shape index (κ3) is 1.45. The molecule has 0 fully saturated rings. The van der Waals surface area contributed by atoms with E-state index < -0.39 is 0 Å². The molecular weight excluding hydrogens is 185 g/mol. The van der Waals surface area contributed by atoms with E-state index >= 15 is 0 Å². The Kier molecular flexibility index (Phi) is 2.65. The summed E-state index contributed by atoms with van der Waals surface area (Å²) in [6.07, 6.45) is 1.49. The number of fused-ring (bicyclic) bond motifs is 1. The highest BCUT2D eigenvalue weighted by Crippen LogP contribution is 2.18. The van der Waals surface area contributed by atoms with Crippen molar-refractivity contribution in [3.05, 3.63) is 22.7 Å². The molecule has 0 saturated carbocycles. The molecule has 2 heterocycles. The Bertz CT molecular complexity index is 264. The Hall–Kier alpha value is -0.380. The molecule has 2 rings (SSSR count). The minimum Gasteiger partial charge on any atom is -0.307 e. The summed E-state index contributed by atoms with van der Waals surface area (Å²) in [5, 5.41) is 3.72. The number of halogens is 2. The van der Waals surface area contributed by atoms with Crippen molar-refractivity contribution in [1.82, 2.24) is 15.3 Å². The van der Waals surface area contributed by atoms with Crippen LogP contribution in [0.5, 0.6) is 0 Å². The van der Waals surface area contributed by atoms with Crippen molar-refractivity contribution < 1.29 is 0 Å². The number of rotatable bonds is 0. The van der Waals surface area contributed by atoms with Crippen molar-refractivity contribution in [3.63, 3.8) is 0 Å². The van der Waals surface area contributed by atoms with Gasteiger partial charge in [0.25, 0.3) is 0 Å². The Morgan fingerprint density at radius 1 is 1.36 bits per heavy atom. The maximum Gasteiger partial charge on any atom is 0.137 e. The quantitative estimate of drug-likeness (QED) is 0.626. The van der Waals surface area contributed by atoms with E-state index in [1.807, 2.05) is 0 Å². The van der Waals surface area contributed by atoms with Crippen LogP contribution in [0.15, 0.2) is 6.33 Å². The average Bonchev–Trinajstić information content (AvgIpc) is 2.36. The first-order valence-electron chi connectivity index (χ1n) is 3.07. The third-order valence-electron chi connectivity index (χ3n) is 1.58. The largest absolute Gasteiger partial charge is 0.307 e. The molecule has 1 aliphatic heterocycles. The Balaban J connectivity index is 0.000000605. The van der Waals surface area contributed by atoms with Crippen LogP contribution >= 0.6 is 24.0 Å². The highest BCUT2D eigenvalue weighted by atomic mass is 35.5. The molecule has 5 heteroatoms. The van der Waals surface area contributed by atoms with Gasteiger partial charge in [-0.15, -0.1) is 12.4 Å². The first-order valence-corrected chi connectivity index (χ1v) is 3.44. The van der Waals surface area contributed by atoms with Crippen LogP contribution in [0.1, 0.15) is 11.3 Å². The van der Waals surface area contributed by atoms with Gasteiger partial charge < -0.3 is 5.32 Å². The van der Waals surface area contributed by atoms with Gasteiger partial charge in [-0.2, -0.15) is 0 Å². The summed E-state index contributed by atoms with van der Waals surface area (Å²) in [7, 11) is 0. The van der Waals surface area contributed by atoms with Crippen LogP contribution in [0.4, 0.5) is 0 Å². The molecule has 11 heavy (non-hydrogen) atoms. The summed E-state index contributed by atoms with van der Waals surface area (Å²) in [5.41, 5.74) is 2.07. The SMILES string of the molecule is Cl.Clc1ncnc2c1CNC2. The van der Waals surface area contributed by atoms with Crippen LogP contribution in [-0.2, 0) is 13.1 Å². The van der Waals surface area contributed by atoms with Gasteiger partial charge in [0.2, 0.25) is 0 Å². The molecule has 0 atom stereocenters. The molecule has 0 aromatic carbocycles. The highest BCUT2D eigenvalue weighted by molar-refractivity contribution is 6.30. The fourth-order valence-electron chi connectivity index (χ4n) is 1.06. The second kappa shape index (κ2) is 3.34. The molecule has 0 spiro atoms. The molecule has 0 bridgehead atoms. The topological polar surface area (TPSA) is 37.8 Å². The summed E-state index contributed by atoms with van der Waals surface area (Å²) in [4.78, 5) is 7.93. The Labute approximate surface area is 75.6 Å². The van der Waals surface area contributed by atoms with Crippen molar-refractivity contribution in [2.24, 2.45) is 0 Å². The fourth-order valence-corrected chi connectivity index (χ4v) is 1.28. The van der Waals surface area contributed by atoms with Gasteiger partial charge in [0.1, 0.15) is 11.5 Å². The van der Waals surface area contributed by atoms with E-state index in [-0.39, 0.29) is 12.4 Å². The molecular formula is C6H7Cl2N3. The van der Waals surface area contributed by atoms with Gasteiger partial charge in [0.05, 0.1) is 5.69 Å². The lowest BCUT2D eigenvalue weighted by Gasteiger charge is -1.95. The van der Waals surface area contributed by atoms with Crippen LogP contribution in [0.2, 0.25) is 5.15 Å². The second-order valence-electron chi connectivity index (χ2n) is 2.19. The van der Waals surface area contributed by atoms with Crippen LogP contribution in [0, 0.1) is 0 Å². The van der Waals surface area contributed by atoms with Gasteiger partial charge >= 0.3 is 0 Å². The zero-order chi connectivity index (χ0) is 6.97. The molecule has 3 nitrogen and oxygen atoms in total. The van der Waals surface area contributed by atoms with Crippen LogP contribution in [0.3, 0.4) is 0 Å². The summed E-state index contributed by atoms with van der Waals surface area (Å²) < 4.78 is 0. The van der Waals surface area contributed by atoms with Crippen molar-refractivity contribution >= 4 is 24.0 Å². The number of nitrogens with one attached hydrogen (secondary N) is 1. The van der Waals surface area contributed by atoms with Gasteiger partial charge in [-0.05, 0) is 0 Å². The Morgan fingerprint density at radius 2 is 2.18 bits per heavy atom. The summed E-state index contributed by atoms with van der Waals surface area (Å²) in [6.45, 7) is 1.62. The van der Waals surface area contributed by atoms with Crippen molar-refractivity contribution in [3.8, 4) is 0 Å². The smallest absolute Gasteiger partial charge is 0.137 e. The van der Waals surface area contributed by atoms with Gasteiger partial charge in [0, 0.05) is 18.7 Å². The van der Waals surface area contributed by atoms with Crippen molar-refractivity contribution in [1.29, 1.82) is 0 Å². The van der Waals surface area contributed by atoms with Crippen molar-refractivity contribution in [2.75, 3.05) is 0 Å². The van der Waals surface area contributed by atoms with E-state index in [4.69, 9.17) is 11.6 Å². The lowest BCUT2D eigenvalue weighted by atomic mass is 10.3. The third-order valence-corrected chi connectivity index (χ3v) is 1.90. The van der Waals surface area contributed by atoms with Gasteiger partial charge in [-0.25, -0.2) is 9.97 Å². The first kappa shape index (κ1) is 8.71. The monoisotopic (exact) mass is 191 g/mol. The number of nitrogens with zero attached hydrogens (tertiary/aromatic N) is 2. The minimum atomic E-state index is 0. The van der Waals surface area contributed by atoms with Gasteiger partial charge in [0.15, 0.2) is 0 Å². The van der Waals surface area contributed by atoms with E-state index in [0.29, 0.717) is 5.15 Å². The predicted octanol–water partition coefficient (Wildman–Crippen LogP) is 1.15. The minimum absolute atomic E-state index is 0. The number of aromatic nitrogens is 2. The molecule has 0 amide bonds. The van der Waals surface area contributed by atoms with E-state index in [9.17, 15) is 0 Å². The molecule has 1 aromatic heterocycles. The summed E-state index contributed by atoms with van der Waals surface area (Å²) in [6, 6.07) is 0. The summed E-state index contributed by atoms with van der Waals surface area (Å²) >= 11 is 5.78. The van der Waals surface area contributed by atoms with E-state index in [1.165, 1.54) is 6.33 Å². The van der Waals surface area contributed by atoms with E-state index in [1.54, 1.807) is 0 Å². The molecule has 1 N–H and O–H groups in total. The predicted molar refractivity (Wildman–Crippen MR) is 44.8 cm³/mol. The van der Waals surface area contributed by atoms with Crippen LogP contribution < -0.4 is 5.32 Å². The lowest BCUT2D eigenvalue weighted by molar-refractivity contribution is 0.757. The average molecular weight is 192 g/mol. The lowest BCUT2D eigenvalue weighted by Crippen LogP contribution is -2.00. The van der Waals surface area contributed by atoms with E-state index in [0.717, 1.165) is 24.3 Å². The molecule has 0 unspecified atom stereocenters. The zero-order valence-corrected chi connectivity index (χ0v) is 7.24. The maximum absolute atomic E-state index is 5.78. The normalized spacial score (nSPS) is 13.9. The number of hydrogen-bond acceptors (Lipinski definition) is 3. The zero-order valence-electron chi connectivity index (χ0n) is 5.67. The maximum atomic E-state index is 5.78. The second-order valence-corrected chi connectivity index (χ2v) is 2.55. The van der Waals surface area contributed by atoms with Gasteiger partial charge in [-0.3, -0.25) is 0 Å². The molecule has 0 aliphatic carbocycles. The molecule has 0 radical (unpaired) electrons. The molecule has 0 saturated heterocycles. The molecule has 1 aliphatic rings. The standard InChI is InChI=1S/C6H6ClN3.ClH/c7-6-4-1-8-2-5(4)9-3-10-6;/h3,8H,1-2H2;1H. The van der Waals surface area contributed by atoms with Crippen molar-refractivity contribution in [2.45, 2.75) is 13.1 Å². The van der Waals surface area contributed by atoms with Crippen LogP contribution in [-0.4, -0.2) is 9.97 Å². The summed E-state index contributed by atoms with van der Waals surface area (Å²) in [5.74, 6) is 0.